The van der Waals surface area contributed by atoms with Crippen LogP contribution >= 0.6 is 22.9 Å². The van der Waals surface area contributed by atoms with E-state index in [0.717, 1.165) is 35.0 Å². The van der Waals surface area contributed by atoms with Gasteiger partial charge in [0.2, 0.25) is 0 Å². The van der Waals surface area contributed by atoms with E-state index in [1.807, 2.05) is 6.07 Å². The lowest BCUT2D eigenvalue weighted by Crippen LogP contribution is -1.85. The molecule has 0 saturated heterocycles. The lowest BCUT2D eigenvalue weighted by atomic mass is 10.1. The van der Waals surface area contributed by atoms with Crippen molar-refractivity contribution in [3.8, 4) is 17.0 Å². The second-order valence-electron chi connectivity index (χ2n) is 3.68. The number of hydrogen-bond acceptors (Lipinski definition) is 3. The maximum absolute atomic E-state index is 5.75. The predicted molar refractivity (Wildman–Crippen MR) is 66.3 cm³/mol. The van der Waals surface area contributed by atoms with Gasteiger partial charge in [-0.3, -0.25) is 0 Å². The van der Waals surface area contributed by atoms with Crippen LogP contribution in [0.2, 0.25) is 0 Å². The third-order valence-electron chi connectivity index (χ3n) is 2.65. The van der Waals surface area contributed by atoms with E-state index in [1.165, 1.54) is 5.56 Å². The first kappa shape index (κ1) is 10.1. The number of alkyl halides is 1. The summed E-state index contributed by atoms with van der Waals surface area (Å²) in [5, 5.41) is 3.02. The molecule has 0 saturated carbocycles. The van der Waals surface area contributed by atoms with Gasteiger partial charge in [-0.25, -0.2) is 4.98 Å². The van der Waals surface area contributed by atoms with Crippen molar-refractivity contribution >= 4 is 22.9 Å². The number of aromatic nitrogens is 1. The first-order chi connectivity index (χ1) is 7.86. The van der Waals surface area contributed by atoms with Crippen molar-refractivity contribution in [1.82, 2.24) is 4.98 Å². The highest BCUT2D eigenvalue weighted by molar-refractivity contribution is 7.10. The summed E-state index contributed by atoms with van der Waals surface area (Å²) in [5.74, 6) is 1.50. The standard InChI is InChI=1S/C12H10ClNOS/c13-6-12-14-10(7-16-12)8-1-2-11-9(5-8)3-4-15-11/h1-2,5,7H,3-4,6H2. The van der Waals surface area contributed by atoms with E-state index < -0.39 is 0 Å². The Morgan fingerprint density at radius 2 is 2.38 bits per heavy atom. The second kappa shape index (κ2) is 4.07. The Morgan fingerprint density at radius 3 is 3.19 bits per heavy atom. The van der Waals surface area contributed by atoms with Crippen LogP contribution in [0.15, 0.2) is 23.6 Å². The quantitative estimate of drug-likeness (QED) is 0.763. The number of fused-ring (bicyclic) bond motifs is 1. The summed E-state index contributed by atoms with van der Waals surface area (Å²) in [6.45, 7) is 0.794. The molecule has 0 unspecified atom stereocenters. The van der Waals surface area contributed by atoms with Gasteiger partial charge < -0.3 is 4.74 Å². The highest BCUT2D eigenvalue weighted by atomic mass is 35.5. The van der Waals surface area contributed by atoms with Crippen molar-refractivity contribution < 1.29 is 4.74 Å². The molecule has 2 heterocycles. The lowest BCUT2D eigenvalue weighted by molar-refractivity contribution is 0.357. The van der Waals surface area contributed by atoms with Crippen LogP contribution in [0, 0.1) is 0 Å². The van der Waals surface area contributed by atoms with Gasteiger partial charge in [-0.2, -0.15) is 0 Å². The normalized spacial score (nSPS) is 13.6. The van der Waals surface area contributed by atoms with Crippen molar-refractivity contribution in [2.75, 3.05) is 6.61 Å². The summed E-state index contributed by atoms with van der Waals surface area (Å²) in [4.78, 5) is 4.47. The van der Waals surface area contributed by atoms with E-state index in [0.29, 0.717) is 5.88 Å². The number of ether oxygens (including phenoxy) is 1. The van der Waals surface area contributed by atoms with Gasteiger partial charge in [0.05, 0.1) is 18.2 Å². The van der Waals surface area contributed by atoms with E-state index in [-0.39, 0.29) is 0 Å². The molecule has 0 N–H and O–H groups in total. The maximum Gasteiger partial charge on any atom is 0.122 e. The fourth-order valence-electron chi connectivity index (χ4n) is 1.85. The molecule has 0 spiro atoms. The molecule has 16 heavy (non-hydrogen) atoms. The van der Waals surface area contributed by atoms with E-state index in [9.17, 15) is 0 Å². The molecule has 0 amide bonds. The average Bonchev–Trinajstić information content (AvgIpc) is 2.96. The van der Waals surface area contributed by atoms with E-state index >= 15 is 0 Å². The second-order valence-corrected chi connectivity index (χ2v) is 4.89. The summed E-state index contributed by atoms with van der Waals surface area (Å²) < 4.78 is 5.48. The van der Waals surface area contributed by atoms with E-state index in [4.69, 9.17) is 16.3 Å². The number of halogens is 1. The Balaban J connectivity index is 2.00. The number of nitrogens with zero attached hydrogens (tertiary/aromatic N) is 1. The molecule has 0 aliphatic carbocycles. The van der Waals surface area contributed by atoms with Crippen LogP contribution in [0.1, 0.15) is 10.6 Å². The Morgan fingerprint density at radius 1 is 1.44 bits per heavy atom. The molecule has 4 heteroatoms. The lowest BCUT2D eigenvalue weighted by Gasteiger charge is -2.01. The molecule has 0 fully saturated rings. The van der Waals surface area contributed by atoms with Gasteiger partial charge >= 0.3 is 0 Å². The first-order valence-corrected chi connectivity index (χ1v) is 6.55. The van der Waals surface area contributed by atoms with Crippen molar-refractivity contribution in [2.24, 2.45) is 0 Å². The molecule has 1 aromatic carbocycles. The van der Waals surface area contributed by atoms with Gasteiger partial charge in [-0.1, -0.05) is 0 Å². The highest BCUT2D eigenvalue weighted by Gasteiger charge is 2.13. The zero-order chi connectivity index (χ0) is 11.0. The van der Waals surface area contributed by atoms with Crippen LogP contribution in [0.3, 0.4) is 0 Å². The molecule has 1 aromatic heterocycles. The van der Waals surface area contributed by atoms with Crippen molar-refractivity contribution in [1.29, 1.82) is 0 Å². The SMILES string of the molecule is ClCc1nc(-c2ccc3c(c2)CCO3)cs1. The molecule has 82 valence electrons. The molecule has 0 radical (unpaired) electrons. The first-order valence-electron chi connectivity index (χ1n) is 5.13. The molecule has 2 aromatic rings. The number of hydrogen-bond donors (Lipinski definition) is 0. The third kappa shape index (κ3) is 1.70. The zero-order valence-corrected chi connectivity index (χ0v) is 10.1. The Labute approximate surface area is 103 Å². The Hall–Kier alpha value is -1.06. The van der Waals surface area contributed by atoms with Gasteiger partial charge in [-0.05, 0) is 23.8 Å². The molecular formula is C12H10ClNOS. The van der Waals surface area contributed by atoms with Gasteiger partial charge in [0.25, 0.3) is 0 Å². The molecule has 1 aliphatic rings. The maximum atomic E-state index is 5.75. The van der Waals surface area contributed by atoms with Gasteiger partial charge in [0.15, 0.2) is 0 Å². The van der Waals surface area contributed by atoms with Crippen molar-refractivity contribution in [2.45, 2.75) is 12.3 Å². The third-order valence-corrected chi connectivity index (χ3v) is 3.91. The van der Waals surface area contributed by atoms with E-state index in [1.54, 1.807) is 11.3 Å². The van der Waals surface area contributed by atoms with Gasteiger partial charge in [-0.15, -0.1) is 22.9 Å². The number of rotatable bonds is 2. The van der Waals surface area contributed by atoms with Crippen LogP contribution in [-0.2, 0) is 12.3 Å². The number of thiazole rings is 1. The van der Waals surface area contributed by atoms with Gasteiger partial charge in [0, 0.05) is 17.4 Å². The molecule has 2 nitrogen and oxygen atoms in total. The van der Waals surface area contributed by atoms with Crippen LogP contribution in [0.25, 0.3) is 11.3 Å². The minimum atomic E-state index is 0.485. The monoisotopic (exact) mass is 251 g/mol. The van der Waals surface area contributed by atoms with Crippen LogP contribution in [0.4, 0.5) is 0 Å². The zero-order valence-electron chi connectivity index (χ0n) is 8.57. The summed E-state index contributed by atoms with van der Waals surface area (Å²) in [6.07, 6.45) is 0.996. The summed E-state index contributed by atoms with van der Waals surface area (Å²) >= 11 is 7.35. The number of benzene rings is 1. The minimum absolute atomic E-state index is 0.485. The summed E-state index contributed by atoms with van der Waals surface area (Å²) in [7, 11) is 0. The molecular weight excluding hydrogens is 242 g/mol. The van der Waals surface area contributed by atoms with Crippen molar-refractivity contribution in [3.05, 3.63) is 34.2 Å². The predicted octanol–water partition coefficient (Wildman–Crippen LogP) is 3.48. The fourth-order valence-corrected chi connectivity index (χ4v) is 2.75. The topological polar surface area (TPSA) is 22.1 Å². The van der Waals surface area contributed by atoms with Crippen LogP contribution in [0.5, 0.6) is 5.75 Å². The highest BCUT2D eigenvalue weighted by Crippen LogP contribution is 2.31. The fraction of sp³-hybridized carbons (Fsp3) is 0.250. The largest absolute Gasteiger partial charge is 0.493 e. The Bertz CT molecular complexity index is 523. The summed E-state index contributed by atoms with van der Waals surface area (Å²) in [6, 6.07) is 6.24. The van der Waals surface area contributed by atoms with Crippen LogP contribution < -0.4 is 4.74 Å². The Kier molecular flexibility index (Phi) is 2.58. The smallest absolute Gasteiger partial charge is 0.122 e. The molecule has 1 aliphatic heterocycles. The van der Waals surface area contributed by atoms with Gasteiger partial charge in [0.1, 0.15) is 10.8 Å². The molecule has 0 atom stereocenters. The minimum Gasteiger partial charge on any atom is -0.493 e. The summed E-state index contributed by atoms with van der Waals surface area (Å²) in [5.41, 5.74) is 3.44. The molecule has 0 bridgehead atoms. The van der Waals surface area contributed by atoms with E-state index in [2.05, 4.69) is 22.5 Å². The average molecular weight is 252 g/mol. The van der Waals surface area contributed by atoms with Crippen molar-refractivity contribution in [3.63, 3.8) is 0 Å². The van der Waals surface area contributed by atoms with Crippen LogP contribution in [-0.4, -0.2) is 11.6 Å². The molecule has 3 rings (SSSR count).